The molecule has 4 aliphatic rings. The Bertz CT molecular complexity index is 1180. The second-order valence-corrected chi connectivity index (χ2v) is 9.02. The lowest BCUT2D eigenvalue weighted by molar-refractivity contribution is 0.00820. The number of ether oxygens (including phenoxy) is 1. The number of carbonyl (C=O) groups is 1. The zero-order chi connectivity index (χ0) is 21.8. The molecule has 31 heavy (non-hydrogen) atoms. The van der Waals surface area contributed by atoms with Gasteiger partial charge in [0.2, 0.25) is 0 Å². The average Bonchev–Trinajstić information content (AvgIpc) is 3.13. The van der Waals surface area contributed by atoms with Crippen LogP contribution in [0.15, 0.2) is 42.4 Å². The fourth-order valence-electron chi connectivity index (χ4n) is 5.69. The van der Waals surface area contributed by atoms with Crippen LogP contribution in [0.3, 0.4) is 0 Å². The van der Waals surface area contributed by atoms with Crippen LogP contribution < -0.4 is 4.74 Å². The van der Waals surface area contributed by atoms with Crippen LogP contribution in [-0.2, 0) is 13.0 Å². The van der Waals surface area contributed by atoms with Crippen molar-refractivity contribution in [3.8, 4) is 5.75 Å². The van der Waals surface area contributed by atoms with E-state index in [1.54, 1.807) is 13.2 Å². The fraction of sp³-hybridized carbons (Fsp3) is 0.440. The molecule has 3 aromatic rings. The van der Waals surface area contributed by atoms with E-state index in [1.165, 1.54) is 25.9 Å². The minimum atomic E-state index is 0.108. The van der Waals surface area contributed by atoms with E-state index in [-0.39, 0.29) is 5.91 Å². The van der Waals surface area contributed by atoms with Gasteiger partial charge in [0, 0.05) is 30.9 Å². The molecule has 160 valence electrons. The molecule has 6 heteroatoms. The molecule has 0 N–H and O–H groups in total. The van der Waals surface area contributed by atoms with Crippen LogP contribution in [-0.4, -0.2) is 64.8 Å². The van der Waals surface area contributed by atoms with Crippen LogP contribution >= 0.6 is 0 Å². The molecule has 0 saturated carbocycles. The summed E-state index contributed by atoms with van der Waals surface area (Å²) in [4.78, 5) is 18.4. The second-order valence-electron chi connectivity index (χ2n) is 9.02. The van der Waals surface area contributed by atoms with E-state index in [0.29, 0.717) is 36.7 Å². The molecule has 4 aliphatic heterocycles. The summed E-state index contributed by atoms with van der Waals surface area (Å²) < 4.78 is 15.7. The Hall–Kier alpha value is -2.86. The lowest BCUT2D eigenvalue weighted by Gasteiger charge is -2.49. The molecule has 0 aliphatic carbocycles. The Morgan fingerprint density at radius 3 is 2.68 bits per heavy atom. The summed E-state index contributed by atoms with van der Waals surface area (Å²) >= 11 is 0. The minimum absolute atomic E-state index is 0.108. The van der Waals surface area contributed by atoms with Crippen molar-refractivity contribution in [1.82, 2.24) is 19.6 Å². The van der Waals surface area contributed by atoms with Crippen LogP contribution in [0.5, 0.6) is 5.75 Å². The van der Waals surface area contributed by atoms with Gasteiger partial charge in [0.15, 0.2) is 0 Å². The first kappa shape index (κ1) is 17.8. The zero-order valence-electron chi connectivity index (χ0n) is 18.9. The van der Waals surface area contributed by atoms with E-state index in [9.17, 15) is 4.79 Å². The molecular weight excluding hydrogens is 388 g/mol. The van der Waals surface area contributed by atoms with Gasteiger partial charge in [0.05, 0.1) is 31.8 Å². The molecule has 6 nitrogen and oxygen atoms in total. The summed E-state index contributed by atoms with van der Waals surface area (Å²) in [5.41, 5.74) is 3.50. The Kier molecular flexibility index (Phi) is 4.23. The summed E-state index contributed by atoms with van der Waals surface area (Å²) in [6.07, 6.45) is 3.11. The van der Waals surface area contributed by atoms with Crippen LogP contribution in [0.1, 0.15) is 35.8 Å². The number of piperidine rings is 3. The maximum Gasteiger partial charge on any atom is 0.254 e. The van der Waals surface area contributed by atoms with Gasteiger partial charge in [-0.1, -0.05) is 18.2 Å². The van der Waals surface area contributed by atoms with Crippen molar-refractivity contribution in [3.63, 3.8) is 0 Å². The molecular formula is C25H28N4O2. The first-order valence-corrected chi connectivity index (χ1v) is 11.3. The third kappa shape index (κ3) is 3.12. The minimum Gasteiger partial charge on any atom is -0.497 e. The Balaban J connectivity index is 1.38. The molecule has 0 unspecified atom stereocenters. The summed E-state index contributed by atoms with van der Waals surface area (Å²) in [6.45, 7) is 4.58. The highest BCUT2D eigenvalue weighted by Gasteiger charge is 2.40. The van der Waals surface area contributed by atoms with Gasteiger partial charge < -0.3 is 14.5 Å². The van der Waals surface area contributed by atoms with Gasteiger partial charge in [-0.3, -0.25) is 9.48 Å². The van der Waals surface area contributed by atoms with Crippen LogP contribution in [0.4, 0.5) is 0 Å². The third-order valence-electron chi connectivity index (χ3n) is 7.36. The van der Waals surface area contributed by atoms with E-state index < -0.39 is 0 Å². The number of benzene rings is 2. The first-order valence-electron chi connectivity index (χ1n) is 11.8. The van der Waals surface area contributed by atoms with E-state index in [1.807, 2.05) is 35.0 Å². The van der Waals surface area contributed by atoms with Gasteiger partial charge in [0.1, 0.15) is 5.75 Å². The molecule has 1 amide bonds. The number of hydrogen-bond acceptors (Lipinski definition) is 4. The number of nitrogens with zero attached hydrogens (tertiary/aromatic N) is 4. The van der Waals surface area contributed by atoms with Crippen molar-refractivity contribution >= 4 is 16.8 Å². The van der Waals surface area contributed by atoms with Gasteiger partial charge in [-0.15, -0.1) is 0 Å². The van der Waals surface area contributed by atoms with Crippen LogP contribution in [0.2, 0.25) is 0 Å². The van der Waals surface area contributed by atoms with Crippen LogP contribution in [0.25, 0.3) is 10.9 Å². The van der Waals surface area contributed by atoms with Crippen molar-refractivity contribution in [1.29, 1.82) is 0 Å². The number of carbonyl (C=O) groups excluding carboxylic acids is 1. The van der Waals surface area contributed by atoms with Crippen LogP contribution in [0, 0.1) is 5.92 Å². The molecule has 5 heterocycles. The molecule has 0 radical (unpaired) electrons. The summed E-state index contributed by atoms with van der Waals surface area (Å²) in [7, 11) is 1.66. The molecule has 2 aromatic carbocycles. The van der Waals surface area contributed by atoms with Crippen molar-refractivity contribution in [3.05, 3.63) is 59.3 Å². The van der Waals surface area contributed by atoms with Crippen molar-refractivity contribution in [2.24, 2.45) is 5.92 Å². The lowest BCUT2D eigenvalue weighted by Crippen LogP contribution is -2.58. The highest BCUT2D eigenvalue weighted by Crippen LogP contribution is 2.35. The normalized spacial score (nSPS) is 25.6. The largest absolute Gasteiger partial charge is 0.497 e. The fourth-order valence-corrected chi connectivity index (χ4v) is 5.69. The van der Waals surface area contributed by atoms with Gasteiger partial charge in [-0.05, 0) is 61.7 Å². The van der Waals surface area contributed by atoms with Gasteiger partial charge in [-0.2, -0.15) is 5.10 Å². The van der Waals surface area contributed by atoms with Crippen molar-refractivity contribution in [2.45, 2.75) is 31.8 Å². The predicted molar refractivity (Wildman–Crippen MR) is 120 cm³/mol. The maximum atomic E-state index is 13.7. The lowest BCUT2D eigenvalue weighted by atomic mass is 9.83. The Morgan fingerprint density at radius 1 is 1.16 bits per heavy atom. The number of methoxy groups -OCH3 is 1. The Morgan fingerprint density at radius 2 is 1.97 bits per heavy atom. The zero-order valence-corrected chi connectivity index (χ0v) is 17.9. The average molecular weight is 418 g/mol. The molecule has 0 spiro atoms. The third-order valence-corrected chi connectivity index (χ3v) is 7.36. The van der Waals surface area contributed by atoms with Crippen molar-refractivity contribution in [2.75, 3.05) is 33.3 Å². The molecule has 7 rings (SSSR count). The van der Waals surface area contributed by atoms with E-state index in [4.69, 9.17) is 11.2 Å². The number of amides is 1. The summed E-state index contributed by atoms with van der Waals surface area (Å²) in [5, 5.41) is 5.79. The van der Waals surface area contributed by atoms with Crippen molar-refractivity contribution < 1.29 is 10.9 Å². The molecule has 1 aromatic heterocycles. The van der Waals surface area contributed by atoms with E-state index >= 15 is 0 Å². The summed E-state index contributed by atoms with van der Waals surface area (Å²) in [5.74, 6) is 1.53. The van der Waals surface area contributed by atoms with Gasteiger partial charge in [0.25, 0.3) is 5.91 Å². The quantitative estimate of drug-likeness (QED) is 0.654. The number of hydrogen-bond donors (Lipinski definition) is 0. The monoisotopic (exact) mass is 417 g/mol. The first-order chi connectivity index (χ1) is 15.6. The Labute approximate surface area is 183 Å². The smallest absolute Gasteiger partial charge is 0.254 e. The molecule has 3 fully saturated rings. The maximum absolute atomic E-state index is 13.7. The summed E-state index contributed by atoms with van der Waals surface area (Å²) in [6, 6.07) is 12.2. The van der Waals surface area contributed by atoms with E-state index in [2.05, 4.69) is 9.80 Å². The topological polar surface area (TPSA) is 50.6 Å². The highest BCUT2D eigenvalue weighted by molar-refractivity contribution is 6.08. The second kappa shape index (κ2) is 7.38. The number of rotatable bonds is 4. The molecule has 1 atom stereocenters. The standard InChI is InChI=1S/C25H28N4O2/c1-31-19-7-5-17(6-8-19)15-29-22-4-2-3-20-24(22)21(26-29)11-14-28(25(20)30)23-16-27-12-9-18(23)10-13-27/h2-8,18,23H,9-16H2,1H3/t23-/m1/s1/i4D. The SMILES string of the molecule is [2H]c1ccc2c3c(nn(Cc4ccc(OC)cc4)c13)CCN([C@@H]1CN3CCC1CC3)C2=O. The molecule has 3 saturated heterocycles. The highest BCUT2D eigenvalue weighted by atomic mass is 16.5. The van der Waals surface area contributed by atoms with E-state index in [0.717, 1.165) is 40.9 Å². The number of fused-ring (bicyclic) bond motifs is 3. The van der Waals surface area contributed by atoms with Gasteiger partial charge in [-0.25, -0.2) is 0 Å². The predicted octanol–water partition coefficient (Wildman–Crippen LogP) is 3.19. The van der Waals surface area contributed by atoms with Gasteiger partial charge >= 0.3 is 0 Å². The molecule has 2 bridgehead atoms. The number of aromatic nitrogens is 2.